The van der Waals surface area contributed by atoms with Crippen LogP contribution in [0, 0.1) is 5.82 Å². The highest BCUT2D eigenvalue weighted by molar-refractivity contribution is 5.94. The number of benzene rings is 2. The van der Waals surface area contributed by atoms with Crippen LogP contribution in [0.5, 0.6) is 5.75 Å². The fourth-order valence-electron chi connectivity index (χ4n) is 2.99. The normalized spacial score (nSPS) is 14.4. The van der Waals surface area contributed by atoms with Gasteiger partial charge in [0.05, 0.1) is 0 Å². The summed E-state index contributed by atoms with van der Waals surface area (Å²) < 4.78 is 18.6. The fraction of sp³-hybridized carbons (Fsp3) is 0.273. The molecule has 6 heteroatoms. The van der Waals surface area contributed by atoms with Crippen LogP contribution >= 0.6 is 0 Å². The number of amides is 1. The Morgan fingerprint density at radius 2 is 1.86 bits per heavy atom. The van der Waals surface area contributed by atoms with E-state index in [1.807, 2.05) is 24.3 Å². The topological polar surface area (TPSA) is 66.8 Å². The van der Waals surface area contributed by atoms with E-state index < -0.39 is 11.6 Å². The standard InChI is InChI=1S/C22H22FNO4/c1-22(2,21(26)27)28-19-5-3-4-17(14-19)15-10-12-24(13-11-15)20(25)16-6-8-18(23)9-7-16/h3-10,14H,11-13H2,1-2H3,(H,26,27). The minimum atomic E-state index is -1.32. The molecule has 1 heterocycles. The van der Waals surface area contributed by atoms with E-state index in [4.69, 9.17) is 4.74 Å². The van der Waals surface area contributed by atoms with Gasteiger partial charge in [-0.3, -0.25) is 4.79 Å². The van der Waals surface area contributed by atoms with E-state index in [0.29, 0.717) is 30.8 Å². The molecule has 0 radical (unpaired) electrons. The molecule has 0 aromatic heterocycles. The van der Waals surface area contributed by atoms with E-state index in [1.54, 1.807) is 11.0 Å². The maximum atomic E-state index is 13.0. The van der Waals surface area contributed by atoms with Crippen LogP contribution in [-0.4, -0.2) is 40.6 Å². The lowest BCUT2D eigenvalue weighted by Crippen LogP contribution is -2.37. The summed E-state index contributed by atoms with van der Waals surface area (Å²) in [6, 6.07) is 12.8. The lowest BCUT2D eigenvalue weighted by molar-refractivity contribution is -0.152. The van der Waals surface area contributed by atoms with Crippen molar-refractivity contribution in [1.82, 2.24) is 4.90 Å². The molecule has 0 saturated carbocycles. The zero-order valence-corrected chi connectivity index (χ0v) is 15.8. The quantitative estimate of drug-likeness (QED) is 0.848. The van der Waals surface area contributed by atoms with Crippen molar-refractivity contribution in [3.05, 3.63) is 71.6 Å². The average Bonchev–Trinajstić information content (AvgIpc) is 2.68. The van der Waals surface area contributed by atoms with Crippen LogP contribution in [0.4, 0.5) is 4.39 Å². The number of carbonyl (C=O) groups is 2. The Kier molecular flexibility index (Phi) is 5.49. The number of rotatable bonds is 5. The van der Waals surface area contributed by atoms with Gasteiger partial charge >= 0.3 is 5.97 Å². The van der Waals surface area contributed by atoms with Crippen molar-refractivity contribution in [3.8, 4) is 5.75 Å². The van der Waals surface area contributed by atoms with Gasteiger partial charge in [0.1, 0.15) is 11.6 Å². The first kappa shape index (κ1) is 19.6. The number of hydrogen-bond acceptors (Lipinski definition) is 3. The van der Waals surface area contributed by atoms with Crippen molar-refractivity contribution in [2.24, 2.45) is 0 Å². The number of nitrogens with zero attached hydrogens (tertiary/aromatic N) is 1. The van der Waals surface area contributed by atoms with Gasteiger partial charge in [-0.15, -0.1) is 0 Å². The molecule has 0 fully saturated rings. The third-order valence-corrected chi connectivity index (χ3v) is 4.68. The van der Waals surface area contributed by atoms with Crippen LogP contribution in [0.25, 0.3) is 5.57 Å². The Morgan fingerprint density at radius 1 is 1.14 bits per heavy atom. The van der Waals surface area contributed by atoms with E-state index in [9.17, 15) is 19.1 Å². The first-order valence-electron chi connectivity index (χ1n) is 9.03. The van der Waals surface area contributed by atoms with Crippen LogP contribution in [0.2, 0.25) is 0 Å². The van der Waals surface area contributed by atoms with Crippen molar-refractivity contribution < 1.29 is 23.8 Å². The third kappa shape index (κ3) is 4.39. The second-order valence-electron chi connectivity index (χ2n) is 7.18. The smallest absolute Gasteiger partial charge is 0.347 e. The lowest BCUT2D eigenvalue weighted by atomic mass is 9.98. The molecule has 0 unspecified atom stereocenters. The monoisotopic (exact) mass is 383 g/mol. The first-order valence-corrected chi connectivity index (χ1v) is 9.03. The van der Waals surface area contributed by atoms with Gasteiger partial charge in [0.25, 0.3) is 5.91 Å². The molecule has 5 nitrogen and oxygen atoms in total. The predicted octanol–water partition coefficient (Wildman–Crippen LogP) is 4.00. The number of aliphatic carboxylic acids is 1. The lowest BCUT2D eigenvalue weighted by Gasteiger charge is -2.27. The van der Waals surface area contributed by atoms with Gasteiger partial charge in [-0.1, -0.05) is 18.2 Å². The molecule has 0 spiro atoms. The fourth-order valence-corrected chi connectivity index (χ4v) is 2.99. The van der Waals surface area contributed by atoms with Gasteiger partial charge in [0, 0.05) is 18.7 Å². The summed E-state index contributed by atoms with van der Waals surface area (Å²) in [4.78, 5) is 25.5. The molecule has 0 bridgehead atoms. The number of carboxylic acid groups (broad SMARTS) is 1. The Bertz CT molecular complexity index is 918. The molecule has 0 saturated heterocycles. The maximum absolute atomic E-state index is 13.0. The number of carbonyl (C=O) groups excluding carboxylic acids is 1. The molecule has 0 aliphatic carbocycles. The minimum absolute atomic E-state index is 0.129. The predicted molar refractivity (Wildman–Crippen MR) is 104 cm³/mol. The molecule has 1 amide bonds. The Balaban J connectivity index is 1.71. The SMILES string of the molecule is CC(C)(Oc1cccc(C2=CCN(C(=O)c3ccc(F)cc3)CC2)c1)C(=O)O. The second kappa shape index (κ2) is 7.84. The molecule has 2 aromatic carbocycles. The summed E-state index contributed by atoms with van der Waals surface area (Å²) >= 11 is 0. The van der Waals surface area contributed by atoms with Crippen LogP contribution in [0.3, 0.4) is 0 Å². The molecule has 0 atom stereocenters. The van der Waals surface area contributed by atoms with E-state index in [1.165, 1.54) is 38.1 Å². The average molecular weight is 383 g/mol. The maximum Gasteiger partial charge on any atom is 0.347 e. The molecule has 1 aliphatic heterocycles. The summed E-state index contributed by atoms with van der Waals surface area (Å²) in [7, 11) is 0. The van der Waals surface area contributed by atoms with Crippen molar-refractivity contribution in [2.75, 3.05) is 13.1 Å². The zero-order valence-electron chi connectivity index (χ0n) is 15.8. The van der Waals surface area contributed by atoms with E-state index in [2.05, 4.69) is 0 Å². The summed E-state index contributed by atoms with van der Waals surface area (Å²) in [6.45, 7) is 4.01. The zero-order chi connectivity index (χ0) is 20.3. The highest BCUT2D eigenvalue weighted by Gasteiger charge is 2.29. The van der Waals surface area contributed by atoms with Gasteiger partial charge in [-0.25, -0.2) is 9.18 Å². The number of carboxylic acids is 1. The minimum Gasteiger partial charge on any atom is -0.478 e. The first-order chi connectivity index (χ1) is 13.3. The van der Waals surface area contributed by atoms with Crippen molar-refractivity contribution in [2.45, 2.75) is 25.9 Å². The van der Waals surface area contributed by atoms with E-state index >= 15 is 0 Å². The molecule has 1 aliphatic rings. The van der Waals surface area contributed by atoms with Crippen molar-refractivity contribution >= 4 is 17.4 Å². The van der Waals surface area contributed by atoms with Gasteiger partial charge in [-0.05, 0) is 67.8 Å². The third-order valence-electron chi connectivity index (χ3n) is 4.68. The van der Waals surface area contributed by atoms with Gasteiger partial charge in [0.15, 0.2) is 5.60 Å². The Morgan fingerprint density at radius 3 is 2.46 bits per heavy atom. The molecule has 146 valence electrons. The number of ether oxygens (including phenoxy) is 1. The van der Waals surface area contributed by atoms with Crippen molar-refractivity contribution in [1.29, 1.82) is 0 Å². The molecule has 1 N–H and O–H groups in total. The summed E-state index contributed by atoms with van der Waals surface area (Å²) in [5, 5.41) is 9.22. The van der Waals surface area contributed by atoms with Crippen LogP contribution in [0.15, 0.2) is 54.6 Å². The van der Waals surface area contributed by atoms with Crippen LogP contribution in [0.1, 0.15) is 36.2 Å². The molecular formula is C22H22FNO4. The summed E-state index contributed by atoms with van der Waals surface area (Å²) in [6.07, 6.45) is 2.64. The largest absolute Gasteiger partial charge is 0.478 e. The van der Waals surface area contributed by atoms with Gasteiger partial charge < -0.3 is 14.7 Å². The highest BCUT2D eigenvalue weighted by Crippen LogP contribution is 2.28. The highest BCUT2D eigenvalue weighted by atomic mass is 19.1. The van der Waals surface area contributed by atoms with E-state index in [0.717, 1.165) is 11.1 Å². The molecule has 2 aromatic rings. The molecule has 28 heavy (non-hydrogen) atoms. The van der Waals surface area contributed by atoms with Crippen molar-refractivity contribution in [3.63, 3.8) is 0 Å². The van der Waals surface area contributed by atoms with Crippen LogP contribution in [-0.2, 0) is 4.79 Å². The Hall–Kier alpha value is -3.15. The van der Waals surface area contributed by atoms with Gasteiger partial charge in [-0.2, -0.15) is 0 Å². The second-order valence-corrected chi connectivity index (χ2v) is 7.18. The molecular weight excluding hydrogens is 361 g/mol. The van der Waals surface area contributed by atoms with E-state index in [-0.39, 0.29) is 11.7 Å². The van der Waals surface area contributed by atoms with Gasteiger partial charge in [0.2, 0.25) is 0 Å². The molecule has 3 rings (SSSR count). The Labute approximate surface area is 163 Å². The summed E-state index contributed by atoms with van der Waals surface area (Å²) in [5.41, 5.74) is 1.15. The van der Waals surface area contributed by atoms with Crippen LogP contribution < -0.4 is 4.74 Å². The number of halogens is 1. The number of hydrogen-bond donors (Lipinski definition) is 1. The summed E-state index contributed by atoms with van der Waals surface area (Å²) in [5.74, 6) is -1.05.